The summed E-state index contributed by atoms with van der Waals surface area (Å²) in [5.41, 5.74) is 0. The molecule has 12 heavy (non-hydrogen) atoms. The molecule has 0 unspecified atom stereocenters. The highest BCUT2D eigenvalue weighted by Crippen LogP contribution is 1.88. The molecular weight excluding hydrogens is 224 g/mol. The van der Waals surface area contributed by atoms with Crippen molar-refractivity contribution >= 4 is 15.9 Å². The zero-order valence-electron chi connectivity index (χ0n) is 7.55. The number of methoxy groups -OCH3 is 1. The standard InChI is InChI=1S/C8H17BrO3/c1-10-5-6-12-8-7-11-4-2-3-9/h2-8H2,1H3. The van der Waals surface area contributed by atoms with Crippen LogP contribution in [0.1, 0.15) is 6.42 Å². The van der Waals surface area contributed by atoms with Gasteiger partial charge in [-0.25, -0.2) is 0 Å². The SMILES string of the molecule is COCCOCCOCCCBr. The number of ether oxygens (including phenoxy) is 3. The monoisotopic (exact) mass is 240 g/mol. The molecule has 0 bridgehead atoms. The Hall–Kier alpha value is 0.360. The Balaban J connectivity index is 2.73. The molecule has 0 aromatic carbocycles. The Bertz CT molecular complexity index is 70.7. The molecule has 0 rings (SSSR count). The van der Waals surface area contributed by atoms with Gasteiger partial charge in [0.15, 0.2) is 0 Å². The molecule has 0 atom stereocenters. The van der Waals surface area contributed by atoms with E-state index in [4.69, 9.17) is 14.2 Å². The number of alkyl halides is 1. The van der Waals surface area contributed by atoms with Crippen LogP contribution in [0.4, 0.5) is 0 Å². The van der Waals surface area contributed by atoms with E-state index in [0.717, 1.165) is 18.4 Å². The van der Waals surface area contributed by atoms with E-state index in [9.17, 15) is 0 Å². The van der Waals surface area contributed by atoms with Gasteiger partial charge in [0.25, 0.3) is 0 Å². The second-order valence-electron chi connectivity index (χ2n) is 2.26. The lowest BCUT2D eigenvalue weighted by molar-refractivity contribution is 0.0252. The molecule has 0 fully saturated rings. The number of hydrogen-bond donors (Lipinski definition) is 0. The van der Waals surface area contributed by atoms with Crippen LogP contribution in [-0.4, -0.2) is 45.5 Å². The molecule has 0 saturated carbocycles. The zero-order valence-corrected chi connectivity index (χ0v) is 9.14. The second kappa shape index (κ2) is 11.4. The fraction of sp³-hybridized carbons (Fsp3) is 1.00. The van der Waals surface area contributed by atoms with Crippen LogP contribution >= 0.6 is 15.9 Å². The average Bonchev–Trinajstić information content (AvgIpc) is 2.10. The van der Waals surface area contributed by atoms with Crippen molar-refractivity contribution in [3.05, 3.63) is 0 Å². The third-order valence-corrected chi connectivity index (χ3v) is 1.79. The summed E-state index contributed by atoms with van der Waals surface area (Å²) in [4.78, 5) is 0. The van der Waals surface area contributed by atoms with Crippen LogP contribution in [0.15, 0.2) is 0 Å². The topological polar surface area (TPSA) is 27.7 Å². The molecule has 0 amide bonds. The number of halogens is 1. The molecule has 74 valence electrons. The molecular formula is C8H17BrO3. The van der Waals surface area contributed by atoms with E-state index >= 15 is 0 Å². The molecule has 0 aliphatic carbocycles. The summed E-state index contributed by atoms with van der Waals surface area (Å²) >= 11 is 3.32. The normalized spacial score (nSPS) is 10.5. The maximum Gasteiger partial charge on any atom is 0.0701 e. The van der Waals surface area contributed by atoms with Crippen molar-refractivity contribution in [2.24, 2.45) is 0 Å². The summed E-state index contributed by atoms with van der Waals surface area (Å²) in [6.07, 6.45) is 1.05. The van der Waals surface area contributed by atoms with Crippen LogP contribution in [-0.2, 0) is 14.2 Å². The predicted molar refractivity (Wildman–Crippen MR) is 51.9 cm³/mol. The van der Waals surface area contributed by atoms with Crippen molar-refractivity contribution in [3.8, 4) is 0 Å². The molecule has 0 aromatic heterocycles. The van der Waals surface area contributed by atoms with Gasteiger partial charge in [0.05, 0.1) is 26.4 Å². The Morgan fingerprint density at radius 3 is 2.08 bits per heavy atom. The summed E-state index contributed by atoms with van der Waals surface area (Å²) in [7, 11) is 1.66. The van der Waals surface area contributed by atoms with Crippen molar-refractivity contribution in [2.45, 2.75) is 6.42 Å². The molecule has 0 aliphatic rings. The van der Waals surface area contributed by atoms with E-state index in [1.54, 1.807) is 7.11 Å². The Labute approximate surface area is 82.5 Å². The molecule has 4 heteroatoms. The predicted octanol–water partition coefficient (Wildman–Crippen LogP) is 1.45. The maximum absolute atomic E-state index is 5.26. The largest absolute Gasteiger partial charge is 0.382 e. The molecule has 3 nitrogen and oxygen atoms in total. The highest BCUT2D eigenvalue weighted by molar-refractivity contribution is 9.09. The van der Waals surface area contributed by atoms with Crippen LogP contribution in [0.25, 0.3) is 0 Å². The van der Waals surface area contributed by atoms with Gasteiger partial charge < -0.3 is 14.2 Å². The van der Waals surface area contributed by atoms with Crippen LogP contribution < -0.4 is 0 Å². The molecule has 0 saturated heterocycles. The lowest BCUT2D eigenvalue weighted by Crippen LogP contribution is -2.08. The van der Waals surface area contributed by atoms with Crippen LogP contribution in [0.5, 0.6) is 0 Å². The van der Waals surface area contributed by atoms with Gasteiger partial charge in [0.1, 0.15) is 0 Å². The first kappa shape index (κ1) is 12.4. The Morgan fingerprint density at radius 1 is 0.917 bits per heavy atom. The lowest BCUT2D eigenvalue weighted by atomic mass is 10.5. The highest BCUT2D eigenvalue weighted by atomic mass is 79.9. The highest BCUT2D eigenvalue weighted by Gasteiger charge is 1.89. The van der Waals surface area contributed by atoms with Crippen LogP contribution in [0, 0.1) is 0 Å². The molecule has 0 aromatic rings. The Kier molecular flexibility index (Phi) is 11.7. The molecule has 0 spiro atoms. The van der Waals surface area contributed by atoms with E-state index in [1.165, 1.54) is 0 Å². The smallest absolute Gasteiger partial charge is 0.0701 e. The Morgan fingerprint density at radius 2 is 1.50 bits per heavy atom. The van der Waals surface area contributed by atoms with E-state index in [-0.39, 0.29) is 0 Å². The summed E-state index contributed by atoms with van der Waals surface area (Å²) in [6, 6.07) is 0. The van der Waals surface area contributed by atoms with Crippen LogP contribution in [0.2, 0.25) is 0 Å². The van der Waals surface area contributed by atoms with Crippen LogP contribution in [0.3, 0.4) is 0 Å². The lowest BCUT2D eigenvalue weighted by Gasteiger charge is -2.03. The quantitative estimate of drug-likeness (QED) is 0.451. The first-order valence-corrected chi connectivity index (χ1v) is 5.24. The summed E-state index contributed by atoms with van der Waals surface area (Å²) in [5.74, 6) is 0. The molecule has 0 heterocycles. The average molecular weight is 241 g/mol. The summed E-state index contributed by atoms with van der Waals surface area (Å²) in [6.45, 7) is 3.45. The van der Waals surface area contributed by atoms with Gasteiger partial charge in [0.2, 0.25) is 0 Å². The van der Waals surface area contributed by atoms with Crippen molar-refractivity contribution < 1.29 is 14.2 Å². The van der Waals surface area contributed by atoms with E-state index in [2.05, 4.69) is 15.9 Å². The van der Waals surface area contributed by atoms with Gasteiger partial charge in [0, 0.05) is 19.0 Å². The van der Waals surface area contributed by atoms with E-state index in [0.29, 0.717) is 26.4 Å². The number of hydrogen-bond acceptors (Lipinski definition) is 3. The van der Waals surface area contributed by atoms with Gasteiger partial charge in [-0.1, -0.05) is 15.9 Å². The first-order chi connectivity index (χ1) is 5.91. The first-order valence-electron chi connectivity index (χ1n) is 4.12. The second-order valence-corrected chi connectivity index (χ2v) is 3.05. The fourth-order valence-corrected chi connectivity index (χ4v) is 0.850. The zero-order chi connectivity index (χ0) is 9.07. The van der Waals surface area contributed by atoms with E-state index in [1.807, 2.05) is 0 Å². The maximum atomic E-state index is 5.26. The minimum Gasteiger partial charge on any atom is -0.382 e. The van der Waals surface area contributed by atoms with Crippen molar-refractivity contribution in [2.75, 3.05) is 45.5 Å². The van der Waals surface area contributed by atoms with Crippen molar-refractivity contribution in [3.63, 3.8) is 0 Å². The van der Waals surface area contributed by atoms with Gasteiger partial charge in [-0.15, -0.1) is 0 Å². The number of rotatable bonds is 9. The third-order valence-electron chi connectivity index (χ3n) is 1.23. The molecule has 0 N–H and O–H groups in total. The van der Waals surface area contributed by atoms with Crippen molar-refractivity contribution in [1.29, 1.82) is 0 Å². The minimum atomic E-state index is 0.651. The summed E-state index contributed by atoms with van der Waals surface area (Å²) < 4.78 is 15.3. The van der Waals surface area contributed by atoms with Gasteiger partial charge in [-0.2, -0.15) is 0 Å². The van der Waals surface area contributed by atoms with Gasteiger partial charge in [-0.05, 0) is 6.42 Å². The summed E-state index contributed by atoms with van der Waals surface area (Å²) in [5, 5.41) is 0.998. The van der Waals surface area contributed by atoms with E-state index < -0.39 is 0 Å². The third kappa shape index (κ3) is 10.4. The van der Waals surface area contributed by atoms with Crippen molar-refractivity contribution in [1.82, 2.24) is 0 Å². The minimum absolute atomic E-state index is 0.651. The molecule has 0 aliphatic heterocycles. The van der Waals surface area contributed by atoms with Gasteiger partial charge >= 0.3 is 0 Å². The fourth-order valence-electron chi connectivity index (χ4n) is 0.621. The molecule has 0 radical (unpaired) electrons. The van der Waals surface area contributed by atoms with Gasteiger partial charge in [-0.3, -0.25) is 0 Å².